The lowest BCUT2D eigenvalue weighted by molar-refractivity contribution is -0.161. The Kier molecular flexibility index (Phi) is 7.83. The average molecular weight is 469 g/mol. The zero-order valence-corrected chi connectivity index (χ0v) is 19.0. The third-order valence-electron chi connectivity index (χ3n) is 5.20. The highest BCUT2D eigenvalue weighted by Gasteiger charge is 2.33. The molecule has 1 N–H and O–H groups in total. The molecule has 8 nitrogen and oxygen atoms in total. The number of halogens is 1. The summed E-state index contributed by atoms with van der Waals surface area (Å²) in [6.45, 7) is 4.43. The number of nitrogens with zero attached hydrogens (tertiary/aromatic N) is 1. The first kappa shape index (κ1) is 23.4. The molecule has 1 aromatic carbocycles. The number of carbonyl (C=O) groups excluding carboxylic acids is 4. The minimum Gasteiger partial charge on any atom is -0.466 e. The number of piperidine rings is 1. The van der Waals surface area contributed by atoms with Gasteiger partial charge in [0, 0.05) is 23.0 Å². The van der Waals surface area contributed by atoms with Crippen molar-refractivity contribution in [3.05, 3.63) is 23.2 Å². The van der Waals surface area contributed by atoms with Crippen LogP contribution in [0.4, 0.5) is 5.69 Å². The predicted molar refractivity (Wildman–Crippen MR) is 116 cm³/mol. The van der Waals surface area contributed by atoms with Gasteiger partial charge in [-0.15, -0.1) is 11.8 Å². The molecule has 2 aliphatic rings. The van der Waals surface area contributed by atoms with E-state index in [1.165, 1.54) is 18.7 Å². The van der Waals surface area contributed by atoms with Gasteiger partial charge in [-0.25, -0.2) is 0 Å². The van der Waals surface area contributed by atoms with Crippen LogP contribution in [-0.4, -0.2) is 59.7 Å². The average Bonchev–Trinajstić information content (AvgIpc) is 2.74. The number of carbonyl (C=O) groups is 4. The van der Waals surface area contributed by atoms with Crippen LogP contribution in [0.5, 0.6) is 0 Å². The molecule has 2 atom stereocenters. The number of fused-ring (bicyclic) bond motifs is 1. The second kappa shape index (κ2) is 10.4. The van der Waals surface area contributed by atoms with Crippen molar-refractivity contribution in [2.75, 3.05) is 25.0 Å². The van der Waals surface area contributed by atoms with Gasteiger partial charge in [0.05, 0.1) is 29.9 Å². The number of rotatable bonds is 6. The molecule has 168 valence electrons. The summed E-state index contributed by atoms with van der Waals surface area (Å²) in [6.07, 6.45) is -0.0724. The minimum absolute atomic E-state index is 0.152. The van der Waals surface area contributed by atoms with Crippen LogP contribution >= 0.6 is 23.4 Å². The van der Waals surface area contributed by atoms with Crippen molar-refractivity contribution < 1.29 is 28.7 Å². The van der Waals surface area contributed by atoms with Crippen LogP contribution in [0, 0.1) is 5.92 Å². The van der Waals surface area contributed by atoms with E-state index in [9.17, 15) is 19.2 Å². The van der Waals surface area contributed by atoms with E-state index in [2.05, 4.69) is 5.32 Å². The number of amides is 2. The van der Waals surface area contributed by atoms with Gasteiger partial charge in [0.1, 0.15) is 0 Å². The summed E-state index contributed by atoms with van der Waals surface area (Å²) in [5.74, 6) is -1.68. The molecule has 2 aliphatic heterocycles. The molecule has 10 heteroatoms. The first-order valence-electron chi connectivity index (χ1n) is 10.2. The Bertz CT molecular complexity index is 871. The van der Waals surface area contributed by atoms with Crippen LogP contribution in [0.15, 0.2) is 23.1 Å². The van der Waals surface area contributed by atoms with E-state index >= 15 is 0 Å². The fourth-order valence-corrected chi connectivity index (χ4v) is 4.80. The van der Waals surface area contributed by atoms with E-state index < -0.39 is 17.3 Å². The summed E-state index contributed by atoms with van der Waals surface area (Å²) in [4.78, 5) is 51.5. The predicted octanol–water partition coefficient (Wildman–Crippen LogP) is 2.88. The van der Waals surface area contributed by atoms with E-state index in [0.29, 0.717) is 43.2 Å². The Labute approximate surface area is 190 Å². The van der Waals surface area contributed by atoms with Crippen molar-refractivity contribution in [2.24, 2.45) is 5.92 Å². The van der Waals surface area contributed by atoms with Crippen molar-refractivity contribution >= 4 is 52.8 Å². The number of hydrogen-bond donors (Lipinski definition) is 1. The number of esters is 2. The Balaban J connectivity index is 1.48. The van der Waals surface area contributed by atoms with Crippen molar-refractivity contribution in [2.45, 2.75) is 49.4 Å². The topological polar surface area (TPSA) is 102 Å². The standard InChI is InChI=1S/C21H25ClN2O6S/c1-3-29-21(28)13-6-8-24(9-7-13)20(27)12(2)30-18(25)11-17-19(26)23-15-10-14(22)4-5-16(15)31-17/h4-5,10,12-13,17H,3,6-9,11H2,1-2H3,(H,23,26). The molecule has 2 amide bonds. The van der Waals surface area contributed by atoms with E-state index in [4.69, 9.17) is 21.1 Å². The lowest BCUT2D eigenvalue weighted by atomic mass is 9.97. The first-order chi connectivity index (χ1) is 14.8. The molecule has 2 heterocycles. The van der Waals surface area contributed by atoms with Gasteiger partial charge in [0.25, 0.3) is 5.91 Å². The summed E-state index contributed by atoms with van der Waals surface area (Å²) in [6, 6.07) is 5.15. The summed E-state index contributed by atoms with van der Waals surface area (Å²) in [5, 5.41) is 2.60. The summed E-state index contributed by atoms with van der Waals surface area (Å²) in [7, 11) is 0. The van der Waals surface area contributed by atoms with Crippen LogP contribution in [0.2, 0.25) is 5.02 Å². The van der Waals surface area contributed by atoms with Gasteiger partial charge in [-0.1, -0.05) is 11.6 Å². The van der Waals surface area contributed by atoms with E-state index in [0.717, 1.165) is 4.90 Å². The van der Waals surface area contributed by atoms with Crippen molar-refractivity contribution in [3.8, 4) is 0 Å². The highest BCUT2D eigenvalue weighted by Crippen LogP contribution is 2.38. The van der Waals surface area contributed by atoms with Gasteiger partial charge in [-0.3, -0.25) is 19.2 Å². The van der Waals surface area contributed by atoms with Crippen LogP contribution in [0.25, 0.3) is 0 Å². The number of benzene rings is 1. The maximum Gasteiger partial charge on any atom is 0.309 e. The molecule has 0 aliphatic carbocycles. The first-order valence-corrected chi connectivity index (χ1v) is 11.5. The fraction of sp³-hybridized carbons (Fsp3) is 0.524. The van der Waals surface area contributed by atoms with Gasteiger partial charge < -0.3 is 19.7 Å². The van der Waals surface area contributed by atoms with Crippen LogP contribution in [0.1, 0.15) is 33.1 Å². The fourth-order valence-electron chi connectivity index (χ4n) is 3.56. The molecule has 31 heavy (non-hydrogen) atoms. The second-order valence-corrected chi connectivity index (χ2v) is 9.11. The Hall–Kier alpha value is -2.26. The summed E-state index contributed by atoms with van der Waals surface area (Å²) in [5.41, 5.74) is 0.613. The van der Waals surface area contributed by atoms with E-state index in [1.54, 1.807) is 30.0 Å². The highest BCUT2D eigenvalue weighted by molar-refractivity contribution is 8.01. The molecular formula is C21H25ClN2O6S. The van der Waals surface area contributed by atoms with Gasteiger partial charge in [-0.2, -0.15) is 0 Å². The number of hydrogen-bond acceptors (Lipinski definition) is 7. The number of likely N-dealkylation sites (tertiary alicyclic amines) is 1. The Morgan fingerprint density at radius 2 is 2.00 bits per heavy atom. The molecule has 0 spiro atoms. The number of anilines is 1. The van der Waals surface area contributed by atoms with Gasteiger partial charge in [0.15, 0.2) is 6.10 Å². The molecule has 1 fully saturated rings. The second-order valence-electron chi connectivity index (χ2n) is 7.42. The monoisotopic (exact) mass is 468 g/mol. The van der Waals surface area contributed by atoms with E-state index in [1.807, 2.05) is 0 Å². The van der Waals surface area contributed by atoms with Gasteiger partial charge in [0.2, 0.25) is 5.91 Å². The molecule has 0 aromatic heterocycles. The van der Waals surface area contributed by atoms with E-state index in [-0.39, 0.29) is 30.1 Å². The Morgan fingerprint density at radius 3 is 2.68 bits per heavy atom. The molecule has 0 radical (unpaired) electrons. The lowest BCUT2D eigenvalue weighted by Crippen LogP contribution is -2.45. The molecule has 2 unspecified atom stereocenters. The smallest absolute Gasteiger partial charge is 0.309 e. The van der Waals surface area contributed by atoms with Crippen LogP contribution in [0.3, 0.4) is 0 Å². The van der Waals surface area contributed by atoms with Crippen LogP contribution < -0.4 is 5.32 Å². The maximum absolute atomic E-state index is 12.6. The summed E-state index contributed by atoms with van der Waals surface area (Å²) < 4.78 is 10.3. The number of ether oxygens (including phenoxy) is 2. The Morgan fingerprint density at radius 1 is 1.29 bits per heavy atom. The maximum atomic E-state index is 12.6. The highest BCUT2D eigenvalue weighted by atomic mass is 35.5. The third kappa shape index (κ3) is 5.92. The molecule has 1 saturated heterocycles. The van der Waals surface area contributed by atoms with Crippen molar-refractivity contribution in [1.29, 1.82) is 0 Å². The van der Waals surface area contributed by atoms with Crippen molar-refractivity contribution in [1.82, 2.24) is 4.90 Å². The normalized spacial score (nSPS) is 19.8. The van der Waals surface area contributed by atoms with Gasteiger partial charge in [-0.05, 0) is 44.9 Å². The summed E-state index contributed by atoms with van der Waals surface area (Å²) >= 11 is 7.20. The zero-order valence-electron chi connectivity index (χ0n) is 17.4. The third-order valence-corrected chi connectivity index (χ3v) is 6.71. The quantitative estimate of drug-likeness (QED) is 0.640. The SMILES string of the molecule is CCOC(=O)C1CCN(C(=O)C(C)OC(=O)CC2Sc3ccc(Cl)cc3NC2=O)CC1. The number of thioether (sulfide) groups is 1. The lowest BCUT2D eigenvalue weighted by Gasteiger charge is -2.32. The molecular weight excluding hydrogens is 444 g/mol. The van der Waals surface area contributed by atoms with Gasteiger partial charge >= 0.3 is 11.9 Å². The number of nitrogens with one attached hydrogen (secondary N) is 1. The van der Waals surface area contributed by atoms with Crippen molar-refractivity contribution in [3.63, 3.8) is 0 Å². The van der Waals surface area contributed by atoms with Crippen LogP contribution in [-0.2, 0) is 28.7 Å². The molecule has 3 rings (SSSR count). The molecule has 1 aromatic rings. The molecule has 0 saturated carbocycles. The molecule has 0 bridgehead atoms. The minimum atomic E-state index is -0.964. The zero-order chi connectivity index (χ0) is 22.5. The largest absolute Gasteiger partial charge is 0.466 e.